The van der Waals surface area contributed by atoms with Crippen LogP contribution in [0.3, 0.4) is 0 Å². The lowest BCUT2D eigenvalue weighted by atomic mass is 10.2. The molecule has 1 aromatic carbocycles. The lowest BCUT2D eigenvalue weighted by Gasteiger charge is -2.17. The molecule has 3 rings (SSSR count). The van der Waals surface area contributed by atoms with Crippen LogP contribution in [0.2, 0.25) is 0 Å². The summed E-state index contributed by atoms with van der Waals surface area (Å²) in [5.41, 5.74) is 0.819. The van der Waals surface area contributed by atoms with Gasteiger partial charge in [0.15, 0.2) is 0 Å². The van der Waals surface area contributed by atoms with Crippen LogP contribution < -0.4 is 4.74 Å². The number of sulfonamides is 1. The van der Waals surface area contributed by atoms with Gasteiger partial charge in [-0.15, -0.1) is 0 Å². The normalized spacial score (nSPS) is 19.6. The van der Waals surface area contributed by atoms with E-state index in [4.69, 9.17) is 4.74 Å². The summed E-state index contributed by atoms with van der Waals surface area (Å²) >= 11 is 0. The zero-order valence-electron chi connectivity index (χ0n) is 12.6. The van der Waals surface area contributed by atoms with Crippen LogP contribution in [-0.4, -0.2) is 42.7 Å². The Morgan fingerprint density at radius 3 is 2.95 bits per heavy atom. The molecule has 2 aromatic rings. The number of hydrogen-bond acceptors (Lipinski definition) is 4. The fraction of sp³-hybridized carbons (Fsp3) is 0.438. The molecule has 1 aliphatic heterocycles. The molecule has 0 saturated carbocycles. The van der Waals surface area contributed by atoms with Crippen LogP contribution in [0.4, 0.5) is 0 Å². The Morgan fingerprint density at radius 1 is 1.32 bits per heavy atom. The minimum Gasteiger partial charge on any atom is -0.487 e. The van der Waals surface area contributed by atoms with Crippen molar-refractivity contribution in [2.75, 3.05) is 18.8 Å². The van der Waals surface area contributed by atoms with Gasteiger partial charge in [0.25, 0.3) is 0 Å². The van der Waals surface area contributed by atoms with Gasteiger partial charge < -0.3 is 4.74 Å². The number of para-hydroxylation sites is 1. The second-order valence-corrected chi connectivity index (χ2v) is 7.62. The number of hydrogen-bond donors (Lipinski definition) is 0. The van der Waals surface area contributed by atoms with E-state index in [-0.39, 0.29) is 11.9 Å². The molecule has 22 heavy (non-hydrogen) atoms. The molecule has 0 bridgehead atoms. The molecule has 1 aliphatic rings. The van der Waals surface area contributed by atoms with Gasteiger partial charge in [-0.3, -0.25) is 4.98 Å². The SMILES string of the molecule is CCCS(=O)(=O)N1CCC(Oc2cccc3cccnc23)C1. The van der Waals surface area contributed by atoms with Crippen LogP contribution in [0.1, 0.15) is 19.8 Å². The van der Waals surface area contributed by atoms with Crippen LogP contribution in [0, 0.1) is 0 Å². The molecule has 1 unspecified atom stereocenters. The molecule has 0 N–H and O–H groups in total. The maximum Gasteiger partial charge on any atom is 0.214 e. The minimum absolute atomic E-state index is 0.112. The summed E-state index contributed by atoms with van der Waals surface area (Å²) in [5.74, 6) is 0.924. The molecule has 1 saturated heterocycles. The highest BCUT2D eigenvalue weighted by Gasteiger charge is 2.32. The van der Waals surface area contributed by atoms with Crippen molar-refractivity contribution in [1.29, 1.82) is 0 Å². The van der Waals surface area contributed by atoms with Crippen molar-refractivity contribution in [3.8, 4) is 5.75 Å². The van der Waals surface area contributed by atoms with Crippen LogP contribution >= 0.6 is 0 Å². The molecule has 6 heteroatoms. The molecular weight excluding hydrogens is 300 g/mol. The summed E-state index contributed by atoms with van der Waals surface area (Å²) in [5, 5.41) is 1.02. The first-order chi connectivity index (χ1) is 10.6. The monoisotopic (exact) mass is 320 g/mol. The van der Waals surface area contributed by atoms with Gasteiger partial charge in [0.2, 0.25) is 10.0 Å². The molecule has 2 heterocycles. The summed E-state index contributed by atoms with van der Waals surface area (Å²) in [7, 11) is -3.14. The zero-order chi connectivity index (χ0) is 15.6. The van der Waals surface area contributed by atoms with Gasteiger partial charge >= 0.3 is 0 Å². The van der Waals surface area contributed by atoms with E-state index in [1.54, 1.807) is 10.5 Å². The lowest BCUT2D eigenvalue weighted by Crippen LogP contribution is -2.32. The third-order valence-electron chi connectivity index (χ3n) is 3.85. The Morgan fingerprint density at radius 2 is 2.14 bits per heavy atom. The van der Waals surface area contributed by atoms with Crippen molar-refractivity contribution in [1.82, 2.24) is 9.29 Å². The summed E-state index contributed by atoms with van der Waals surface area (Å²) in [6, 6.07) is 9.68. The second-order valence-electron chi connectivity index (χ2n) is 5.53. The summed E-state index contributed by atoms with van der Waals surface area (Å²) in [4.78, 5) is 4.36. The predicted molar refractivity (Wildman–Crippen MR) is 86.4 cm³/mol. The first-order valence-electron chi connectivity index (χ1n) is 7.58. The van der Waals surface area contributed by atoms with Crippen LogP contribution in [-0.2, 0) is 10.0 Å². The van der Waals surface area contributed by atoms with E-state index in [9.17, 15) is 8.42 Å². The van der Waals surface area contributed by atoms with E-state index < -0.39 is 10.0 Å². The smallest absolute Gasteiger partial charge is 0.214 e. The number of nitrogens with zero attached hydrogens (tertiary/aromatic N) is 2. The number of benzene rings is 1. The topological polar surface area (TPSA) is 59.5 Å². The summed E-state index contributed by atoms with van der Waals surface area (Å²) in [6.45, 7) is 2.83. The maximum absolute atomic E-state index is 12.1. The van der Waals surface area contributed by atoms with Crippen molar-refractivity contribution in [3.63, 3.8) is 0 Å². The van der Waals surface area contributed by atoms with Gasteiger partial charge in [-0.05, 0) is 25.0 Å². The zero-order valence-corrected chi connectivity index (χ0v) is 13.4. The first-order valence-corrected chi connectivity index (χ1v) is 9.19. The van der Waals surface area contributed by atoms with Crippen molar-refractivity contribution in [2.24, 2.45) is 0 Å². The van der Waals surface area contributed by atoms with Crippen molar-refractivity contribution < 1.29 is 13.2 Å². The van der Waals surface area contributed by atoms with E-state index in [0.29, 0.717) is 25.9 Å². The number of rotatable bonds is 5. The minimum atomic E-state index is -3.14. The van der Waals surface area contributed by atoms with Gasteiger partial charge in [-0.1, -0.05) is 25.1 Å². The highest BCUT2D eigenvalue weighted by Crippen LogP contribution is 2.26. The van der Waals surface area contributed by atoms with Crippen molar-refractivity contribution >= 4 is 20.9 Å². The number of fused-ring (bicyclic) bond motifs is 1. The molecule has 0 spiro atoms. The van der Waals surface area contributed by atoms with Gasteiger partial charge in [-0.25, -0.2) is 8.42 Å². The Balaban J connectivity index is 1.75. The lowest BCUT2D eigenvalue weighted by molar-refractivity contribution is 0.218. The van der Waals surface area contributed by atoms with Gasteiger partial charge in [0, 0.05) is 18.1 Å². The molecule has 1 fully saturated rings. The van der Waals surface area contributed by atoms with Crippen molar-refractivity contribution in [2.45, 2.75) is 25.9 Å². The Labute approximate surface area is 131 Å². The predicted octanol–water partition coefficient (Wildman–Crippen LogP) is 2.43. The average molecular weight is 320 g/mol. The largest absolute Gasteiger partial charge is 0.487 e. The number of ether oxygens (including phenoxy) is 1. The number of aromatic nitrogens is 1. The molecule has 5 nitrogen and oxygen atoms in total. The van der Waals surface area contributed by atoms with Crippen molar-refractivity contribution in [3.05, 3.63) is 36.5 Å². The first kappa shape index (κ1) is 15.2. The molecule has 1 atom stereocenters. The van der Waals surface area contributed by atoms with E-state index in [0.717, 1.165) is 16.7 Å². The molecule has 118 valence electrons. The van der Waals surface area contributed by atoms with Gasteiger partial charge in [0.1, 0.15) is 17.4 Å². The summed E-state index contributed by atoms with van der Waals surface area (Å²) < 4.78 is 31.8. The molecular formula is C16H20N2O3S. The molecule has 0 amide bonds. The van der Waals surface area contributed by atoms with E-state index >= 15 is 0 Å². The third-order valence-corrected chi connectivity index (χ3v) is 5.90. The quantitative estimate of drug-likeness (QED) is 0.849. The van der Waals surface area contributed by atoms with Gasteiger partial charge in [-0.2, -0.15) is 4.31 Å². The van der Waals surface area contributed by atoms with Crippen LogP contribution in [0.15, 0.2) is 36.5 Å². The molecule has 0 aliphatic carbocycles. The average Bonchev–Trinajstić information content (AvgIpc) is 2.97. The van der Waals surface area contributed by atoms with Crippen LogP contribution in [0.5, 0.6) is 5.75 Å². The van der Waals surface area contributed by atoms with Crippen LogP contribution in [0.25, 0.3) is 10.9 Å². The third kappa shape index (κ3) is 3.08. The fourth-order valence-corrected chi connectivity index (χ4v) is 4.34. The van der Waals surface area contributed by atoms with E-state index in [1.807, 2.05) is 37.3 Å². The molecule has 0 radical (unpaired) electrons. The molecule has 1 aromatic heterocycles. The highest BCUT2D eigenvalue weighted by molar-refractivity contribution is 7.89. The highest BCUT2D eigenvalue weighted by atomic mass is 32.2. The van der Waals surface area contributed by atoms with Gasteiger partial charge in [0.05, 0.1) is 12.3 Å². The number of pyridine rings is 1. The Hall–Kier alpha value is -1.66. The fourth-order valence-electron chi connectivity index (χ4n) is 2.78. The maximum atomic E-state index is 12.1. The Kier molecular flexibility index (Phi) is 4.31. The second kappa shape index (κ2) is 6.22. The van der Waals surface area contributed by atoms with E-state index in [2.05, 4.69) is 4.98 Å². The Bertz CT molecular complexity index is 756. The standard InChI is InChI=1S/C16H20N2O3S/c1-2-11-22(19,20)18-10-8-14(12-18)21-15-7-3-5-13-6-4-9-17-16(13)15/h3-7,9,14H,2,8,10-12H2,1H3. The summed E-state index contributed by atoms with van der Waals surface area (Å²) in [6.07, 6.45) is 2.98. The van der Waals surface area contributed by atoms with E-state index in [1.165, 1.54) is 0 Å².